The van der Waals surface area contributed by atoms with Crippen LogP contribution in [0.4, 0.5) is 0 Å². The van der Waals surface area contributed by atoms with Gasteiger partial charge in [0.2, 0.25) is 0 Å². The SMILES string of the molecule is Cc1cc(Oc2c(C)ccc(C)c2C)c(CN)c(C)n1. The maximum absolute atomic E-state index is 6.18. The molecular formula is C17H22N2O. The van der Waals surface area contributed by atoms with Crippen molar-refractivity contribution in [3.63, 3.8) is 0 Å². The van der Waals surface area contributed by atoms with E-state index in [1.165, 1.54) is 11.1 Å². The molecule has 3 nitrogen and oxygen atoms in total. The molecule has 0 amide bonds. The van der Waals surface area contributed by atoms with Crippen LogP contribution in [-0.4, -0.2) is 4.98 Å². The average molecular weight is 270 g/mol. The molecule has 1 aromatic heterocycles. The van der Waals surface area contributed by atoms with Crippen LogP contribution < -0.4 is 10.5 Å². The normalized spacial score (nSPS) is 10.7. The molecular weight excluding hydrogens is 248 g/mol. The number of pyridine rings is 1. The van der Waals surface area contributed by atoms with Crippen LogP contribution in [0.3, 0.4) is 0 Å². The maximum atomic E-state index is 6.18. The largest absolute Gasteiger partial charge is 0.456 e. The fourth-order valence-electron chi connectivity index (χ4n) is 2.35. The van der Waals surface area contributed by atoms with E-state index in [1.807, 2.05) is 19.9 Å². The number of benzene rings is 1. The summed E-state index contributed by atoms with van der Waals surface area (Å²) in [6.07, 6.45) is 0. The van der Waals surface area contributed by atoms with Crippen LogP contribution in [0.25, 0.3) is 0 Å². The van der Waals surface area contributed by atoms with Crippen LogP contribution in [0.1, 0.15) is 33.6 Å². The lowest BCUT2D eigenvalue weighted by molar-refractivity contribution is 0.466. The maximum Gasteiger partial charge on any atom is 0.135 e. The van der Waals surface area contributed by atoms with Gasteiger partial charge in [-0.1, -0.05) is 12.1 Å². The van der Waals surface area contributed by atoms with Crippen LogP contribution >= 0.6 is 0 Å². The van der Waals surface area contributed by atoms with Crippen molar-refractivity contribution in [1.29, 1.82) is 0 Å². The van der Waals surface area contributed by atoms with E-state index in [0.29, 0.717) is 6.54 Å². The summed E-state index contributed by atoms with van der Waals surface area (Å²) in [5.74, 6) is 1.74. The van der Waals surface area contributed by atoms with Gasteiger partial charge in [-0.05, 0) is 51.3 Å². The molecule has 2 aromatic rings. The minimum atomic E-state index is 0.429. The van der Waals surface area contributed by atoms with E-state index >= 15 is 0 Å². The van der Waals surface area contributed by atoms with Crippen molar-refractivity contribution >= 4 is 0 Å². The minimum Gasteiger partial charge on any atom is -0.456 e. The summed E-state index contributed by atoms with van der Waals surface area (Å²) >= 11 is 0. The van der Waals surface area contributed by atoms with Gasteiger partial charge >= 0.3 is 0 Å². The molecule has 0 radical (unpaired) electrons. The summed E-state index contributed by atoms with van der Waals surface area (Å²) in [5.41, 5.74) is 12.2. The van der Waals surface area contributed by atoms with Crippen molar-refractivity contribution in [2.24, 2.45) is 5.73 Å². The Balaban J connectivity index is 2.53. The second-order valence-corrected chi connectivity index (χ2v) is 5.29. The second-order valence-electron chi connectivity index (χ2n) is 5.29. The van der Waals surface area contributed by atoms with E-state index < -0.39 is 0 Å². The lowest BCUT2D eigenvalue weighted by Gasteiger charge is -2.17. The van der Waals surface area contributed by atoms with Gasteiger partial charge in [-0.2, -0.15) is 0 Å². The summed E-state index contributed by atoms with van der Waals surface area (Å²) < 4.78 is 6.18. The first-order chi connectivity index (χ1) is 9.43. The Morgan fingerprint density at radius 2 is 1.70 bits per heavy atom. The van der Waals surface area contributed by atoms with Gasteiger partial charge in [0, 0.05) is 29.6 Å². The van der Waals surface area contributed by atoms with Gasteiger partial charge in [-0.3, -0.25) is 4.98 Å². The molecule has 0 aliphatic heterocycles. The number of aryl methyl sites for hydroxylation is 4. The van der Waals surface area contributed by atoms with E-state index in [2.05, 4.69) is 37.9 Å². The van der Waals surface area contributed by atoms with Crippen molar-refractivity contribution < 1.29 is 4.74 Å². The van der Waals surface area contributed by atoms with Crippen molar-refractivity contribution in [3.05, 3.63) is 51.8 Å². The number of nitrogens with zero attached hydrogens (tertiary/aromatic N) is 1. The molecule has 1 heterocycles. The zero-order chi connectivity index (χ0) is 14.9. The summed E-state index contributed by atoms with van der Waals surface area (Å²) in [5, 5.41) is 0. The third-order valence-corrected chi connectivity index (χ3v) is 3.71. The van der Waals surface area contributed by atoms with E-state index in [0.717, 1.165) is 34.0 Å². The highest BCUT2D eigenvalue weighted by atomic mass is 16.5. The first-order valence-electron chi connectivity index (χ1n) is 6.86. The topological polar surface area (TPSA) is 48.1 Å². The Kier molecular flexibility index (Phi) is 4.09. The monoisotopic (exact) mass is 270 g/mol. The average Bonchev–Trinajstić information content (AvgIpc) is 2.39. The molecule has 0 saturated heterocycles. The first kappa shape index (κ1) is 14.5. The highest BCUT2D eigenvalue weighted by molar-refractivity contribution is 5.49. The van der Waals surface area contributed by atoms with Gasteiger partial charge in [-0.25, -0.2) is 0 Å². The zero-order valence-electron chi connectivity index (χ0n) is 12.9. The van der Waals surface area contributed by atoms with Gasteiger partial charge in [0.05, 0.1) is 0 Å². The summed E-state index contributed by atoms with van der Waals surface area (Å²) in [7, 11) is 0. The number of aromatic nitrogens is 1. The summed E-state index contributed by atoms with van der Waals surface area (Å²) in [6.45, 7) is 10.6. The predicted octanol–water partition coefficient (Wildman–Crippen LogP) is 3.87. The summed E-state index contributed by atoms with van der Waals surface area (Å²) in [4.78, 5) is 4.45. The number of rotatable bonds is 3. The molecule has 3 heteroatoms. The van der Waals surface area contributed by atoms with Gasteiger partial charge < -0.3 is 10.5 Å². The van der Waals surface area contributed by atoms with Crippen molar-refractivity contribution in [2.75, 3.05) is 0 Å². The molecule has 20 heavy (non-hydrogen) atoms. The molecule has 0 spiro atoms. The van der Waals surface area contributed by atoms with Crippen LogP contribution in [0, 0.1) is 34.6 Å². The Bertz CT molecular complexity index is 648. The summed E-state index contributed by atoms with van der Waals surface area (Å²) in [6, 6.07) is 6.15. The molecule has 1 aromatic carbocycles. The Morgan fingerprint density at radius 3 is 2.35 bits per heavy atom. The molecule has 0 aliphatic rings. The molecule has 0 atom stereocenters. The predicted molar refractivity (Wildman–Crippen MR) is 82.3 cm³/mol. The molecule has 0 fully saturated rings. The van der Waals surface area contributed by atoms with Crippen LogP contribution in [0.2, 0.25) is 0 Å². The van der Waals surface area contributed by atoms with Crippen molar-refractivity contribution in [1.82, 2.24) is 4.98 Å². The van der Waals surface area contributed by atoms with Crippen LogP contribution in [-0.2, 0) is 6.54 Å². The van der Waals surface area contributed by atoms with E-state index in [4.69, 9.17) is 10.5 Å². The number of nitrogens with two attached hydrogens (primary N) is 1. The van der Waals surface area contributed by atoms with Gasteiger partial charge in [0.25, 0.3) is 0 Å². The third-order valence-electron chi connectivity index (χ3n) is 3.71. The Hall–Kier alpha value is -1.87. The molecule has 0 saturated carbocycles. The van der Waals surface area contributed by atoms with Crippen molar-refractivity contribution in [2.45, 2.75) is 41.2 Å². The van der Waals surface area contributed by atoms with Gasteiger partial charge in [0.15, 0.2) is 0 Å². The minimum absolute atomic E-state index is 0.429. The molecule has 2 N–H and O–H groups in total. The molecule has 0 aliphatic carbocycles. The first-order valence-corrected chi connectivity index (χ1v) is 6.86. The van der Waals surface area contributed by atoms with Crippen LogP contribution in [0.5, 0.6) is 11.5 Å². The van der Waals surface area contributed by atoms with Crippen LogP contribution in [0.15, 0.2) is 18.2 Å². The molecule has 2 rings (SSSR count). The lowest BCUT2D eigenvalue weighted by atomic mass is 10.1. The fraction of sp³-hybridized carbons (Fsp3) is 0.353. The highest BCUT2D eigenvalue weighted by Crippen LogP contribution is 2.33. The Morgan fingerprint density at radius 1 is 1.05 bits per heavy atom. The smallest absolute Gasteiger partial charge is 0.135 e. The molecule has 0 bridgehead atoms. The number of ether oxygens (including phenoxy) is 1. The van der Waals surface area contributed by atoms with Gasteiger partial charge in [0.1, 0.15) is 11.5 Å². The fourth-order valence-corrected chi connectivity index (χ4v) is 2.35. The highest BCUT2D eigenvalue weighted by Gasteiger charge is 2.13. The number of hydrogen-bond acceptors (Lipinski definition) is 3. The quantitative estimate of drug-likeness (QED) is 0.921. The lowest BCUT2D eigenvalue weighted by Crippen LogP contribution is -2.06. The van der Waals surface area contributed by atoms with E-state index in [-0.39, 0.29) is 0 Å². The molecule has 0 unspecified atom stereocenters. The molecule has 106 valence electrons. The van der Waals surface area contributed by atoms with E-state index in [9.17, 15) is 0 Å². The Labute approximate surface area is 120 Å². The van der Waals surface area contributed by atoms with Crippen molar-refractivity contribution in [3.8, 4) is 11.5 Å². The number of hydrogen-bond donors (Lipinski definition) is 1. The zero-order valence-corrected chi connectivity index (χ0v) is 12.9. The van der Waals surface area contributed by atoms with E-state index in [1.54, 1.807) is 0 Å². The second kappa shape index (κ2) is 5.63. The third kappa shape index (κ3) is 2.68. The van der Waals surface area contributed by atoms with Gasteiger partial charge in [-0.15, -0.1) is 0 Å². The standard InChI is InChI=1S/C17H22N2O/c1-10-6-7-11(2)17(13(10)4)20-16-8-12(3)19-14(5)15(16)9-18/h6-8H,9,18H2,1-5H3.